The summed E-state index contributed by atoms with van der Waals surface area (Å²) in [7, 11) is 0. The Bertz CT molecular complexity index is 293. The largest absolute Gasteiger partial charge is 0.466 e. The van der Waals surface area contributed by atoms with Gasteiger partial charge in [-0.25, -0.2) is 0 Å². The molecule has 0 aromatic heterocycles. The van der Waals surface area contributed by atoms with Crippen molar-refractivity contribution >= 4 is 5.97 Å². The summed E-state index contributed by atoms with van der Waals surface area (Å²) in [5.41, 5.74) is 1.30. The lowest BCUT2D eigenvalue weighted by atomic mass is 10.1. The molecule has 2 nitrogen and oxygen atoms in total. The van der Waals surface area contributed by atoms with Crippen LogP contribution >= 0.6 is 0 Å². The lowest BCUT2D eigenvalue weighted by molar-refractivity contribution is -0.143. The number of aryl methyl sites for hydroxylation is 1. The molecule has 0 aliphatic carbocycles. The molecule has 0 amide bonds. The Kier molecular flexibility index (Phi) is 6.31. The van der Waals surface area contributed by atoms with Gasteiger partial charge in [-0.1, -0.05) is 43.7 Å². The van der Waals surface area contributed by atoms with Gasteiger partial charge >= 0.3 is 5.97 Å². The molecule has 0 atom stereocenters. The van der Waals surface area contributed by atoms with Crippen LogP contribution in [0.3, 0.4) is 0 Å². The second-order valence-corrected chi connectivity index (χ2v) is 3.91. The predicted octanol–water partition coefficient (Wildman–Crippen LogP) is 3.35. The van der Waals surface area contributed by atoms with Crippen molar-refractivity contribution in [3.05, 3.63) is 35.9 Å². The second kappa shape index (κ2) is 7.91. The van der Waals surface area contributed by atoms with E-state index in [4.69, 9.17) is 4.74 Å². The second-order valence-electron chi connectivity index (χ2n) is 3.91. The number of carbonyl (C=O) groups is 1. The minimum atomic E-state index is -0.0603. The van der Waals surface area contributed by atoms with Gasteiger partial charge in [-0.15, -0.1) is 0 Å². The van der Waals surface area contributed by atoms with Crippen molar-refractivity contribution in [3.8, 4) is 0 Å². The Morgan fingerprint density at radius 1 is 1.19 bits per heavy atom. The van der Waals surface area contributed by atoms with Gasteiger partial charge in [0.25, 0.3) is 0 Å². The first-order chi connectivity index (χ1) is 7.83. The van der Waals surface area contributed by atoms with E-state index in [2.05, 4.69) is 19.1 Å². The Hall–Kier alpha value is -1.31. The summed E-state index contributed by atoms with van der Waals surface area (Å²) >= 11 is 0. The molecule has 0 spiro atoms. The van der Waals surface area contributed by atoms with E-state index >= 15 is 0 Å². The number of benzene rings is 1. The van der Waals surface area contributed by atoms with E-state index in [-0.39, 0.29) is 5.97 Å². The minimum absolute atomic E-state index is 0.0603. The molecule has 0 fully saturated rings. The maximum absolute atomic E-state index is 11.2. The van der Waals surface area contributed by atoms with Crippen LogP contribution in [-0.2, 0) is 16.0 Å². The number of carbonyl (C=O) groups excluding carboxylic acids is 1. The molecule has 0 aliphatic rings. The summed E-state index contributed by atoms with van der Waals surface area (Å²) in [5, 5.41) is 0. The minimum Gasteiger partial charge on any atom is -0.466 e. The molecule has 0 saturated heterocycles. The van der Waals surface area contributed by atoms with E-state index in [1.165, 1.54) is 5.56 Å². The summed E-state index contributed by atoms with van der Waals surface area (Å²) in [4.78, 5) is 11.2. The summed E-state index contributed by atoms with van der Waals surface area (Å²) in [6, 6.07) is 10.3. The van der Waals surface area contributed by atoms with E-state index < -0.39 is 0 Å². The summed E-state index contributed by atoms with van der Waals surface area (Å²) in [5.74, 6) is -0.0603. The van der Waals surface area contributed by atoms with E-state index in [9.17, 15) is 4.79 Å². The van der Waals surface area contributed by atoms with Crippen molar-refractivity contribution in [1.29, 1.82) is 0 Å². The molecule has 0 bridgehead atoms. The first kappa shape index (κ1) is 12.8. The van der Waals surface area contributed by atoms with Crippen molar-refractivity contribution in [3.63, 3.8) is 0 Å². The van der Waals surface area contributed by atoms with Crippen LogP contribution in [0, 0.1) is 0 Å². The highest BCUT2D eigenvalue weighted by Crippen LogP contribution is 2.03. The molecule has 0 heterocycles. The Morgan fingerprint density at radius 2 is 1.94 bits per heavy atom. The van der Waals surface area contributed by atoms with Crippen molar-refractivity contribution in [2.45, 2.75) is 39.0 Å². The zero-order valence-electron chi connectivity index (χ0n) is 9.95. The van der Waals surface area contributed by atoms with Crippen molar-refractivity contribution in [1.82, 2.24) is 0 Å². The average Bonchev–Trinajstić information content (AvgIpc) is 2.33. The number of rotatable bonds is 7. The van der Waals surface area contributed by atoms with Crippen LogP contribution in [-0.4, -0.2) is 12.6 Å². The van der Waals surface area contributed by atoms with Gasteiger partial charge in [-0.05, 0) is 24.8 Å². The van der Waals surface area contributed by atoms with Gasteiger partial charge in [0, 0.05) is 6.42 Å². The van der Waals surface area contributed by atoms with Crippen LogP contribution in [0.4, 0.5) is 0 Å². The van der Waals surface area contributed by atoms with E-state index in [0.29, 0.717) is 13.0 Å². The highest BCUT2D eigenvalue weighted by molar-refractivity contribution is 5.69. The van der Waals surface area contributed by atoms with Crippen LogP contribution < -0.4 is 0 Å². The van der Waals surface area contributed by atoms with Crippen LogP contribution in [0.15, 0.2) is 30.3 Å². The van der Waals surface area contributed by atoms with Gasteiger partial charge in [0.1, 0.15) is 0 Å². The molecule has 0 N–H and O–H groups in total. The smallest absolute Gasteiger partial charge is 0.305 e. The highest BCUT2D eigenvalue weighted by atomic mass is 16.5. The maximum Gasteiger partial charge on any atom is 0.305 e. The van der Waals surface area contributed by atoms with Crippen LogP contribution in [0.1, 0.15) is 38.2 Å². The molecule has 0 aliphatic heterocycles. The Labute approximate surface area is 97.6 Å². The molecule has 1 aromatic rings. The van der Waals surface area contributed by atoms with Gasteiger partial charge in [-0.2, -0.15) is 0 Å². The van der Waals surface area contributed by atoms with Crippen LogP contribution in [0.25, 0.3) is 0 Å². The van der Waals surface area contributed by atoms with Crippen molar-refractivity contribution < 1.29 is 9.53 Å². The van der Waals surface area contributed by atoms with Gasteiger partial charge in [0.2, 0.25) is 0 Å². The topological polar surface area (TPSA) is 26.3 Å². The fraction of sp³-hybridized carbons (Fsp3) is 0.500. The van der Waals surface area contributed by atoms with E-state index in [1.54, 1.807) is 0 Å². The highest BCUT2D eigenvalue weighted by Gasteiger charge is 2.01. The lowest BCUT2D eigenvalue weighted by Crippen LogP contribution is -2.06. The van der Waals surface area contributed by atoms with Crippen molar-refractivity contribution in [2.75, 3.05) is 6.61 Å². The number of esters is 1. The summed E-state index contributed by atoms with van der Waals surface area (Å²) < 4.78 is 5.13. The monoisotopic (exact) mass is 220 g/mol. The molecule has 0 radical (unpaired) electrons. The van der Waals surface area contributed by atoms with Gasteiger partial charge in [-0.3, -0.25) is 4.79 Å². The Balaban J connectivity index is 2.06. The third kappa shape index (κ3) is 5.54. The summed E-state index contributed by atoms with van der Waals surface area (Å²) in [6.45, 7) is 2.61. The van der Waals surface area contributed by atoms with E-state index in [1.807, 2.05) is 18.2 Å². The molecule has 1 rings (SSSR count). The number of unbranched alkanes of at least 4 members (excludes halogenated alkanes) is 1. The van der Waals surface area contributed by atoms with Gasteiger partial charge in [0.15, 0.2) is 0 Å². The molecular weight excluding hydrogens is 200 g/mol. The SMILES string of the molecule is CCCCC(=O)OCCCc1ccccc1. The summed E-state index contributed by atoms with van der Waals surface area (Å²) in [6.07, 6.45) is 4.41. The zero-order chi connectivity index (χ0) is 11.6. The lowest BCUT2D eigenvalue weighted by Gasteiger charge is -2.04. The molecular formula is C14H20O2. The number of hydrogen-bond donors (Lipinski definition) is 0. The normalized spacial score (nSPS) is 10.1. The van der Waals surface area contributed by atoms with Crippen molar-refractivity contribution in [2.24, 2.45) is 0 Å². The number of hydrogen-bond acceptors (Lipinski definition) is 2. The first-order valence-corrected chi connectivity index (χ1v) is 6.02. The maximum atomic E-state index is 11.2. The van der Waals surface area contributed by atoms with Crippen LogP contribution in [0.2, 0.25) is 0 Å². The third-order valence-corrected chi connectivity index (χ3v) is 2.45. The molecule has 88 valence electrons. The standard InChI is InChI=1S/C14H20O2/c1-2-3-11-14(15)16-12-7-10-13-8-5-4-6-9-13/h4-6,8-9H,2-3,7,10-12H2,1H3. The van der Waals surface area contributed by atoms with Gasteiger partial charge < -0.3 is 4.74 Å². The fourth-order valence-electron chi connectivity index (χ4n) is 1.50. The predicted molar refractivity (Wildman–Crippen MR) is 65.2 cm³/mol. The molecule has 0 saturated carbocycles. The zero-order valence-corrected chi connectivity index (χ0v) is 9.95. The van der Waals surface area contributed by atoms with Gasteiger partial charge in [0.05, 0.1) is 6.61 Å². The van der Waals surface area contributed by atoms with E-state index in [0.717, 1.165) is 25.7 Å². The third-order valence-electron chi connectivity index (χ3n) is 2.45. The number of ether oxygens (including phenoxy) is 1. The molecule has 0 unspecified atom stereocenters. The average molecular weight is 220 g/mol. The molecule has 1 aromatic carbocycles. The quantitative estimate of drug-likeness (QED) is 0.520. The Morgan fingerprint density at radius 3 is 2.62 bits per heavy atom. The molecule has 2 heteroatoms. The fourth-order valence-corrected chi connectivity index (χ4v) is 1.50. The first-order valence-electron chi connectivity index (χ1n) is 6.02. The molecule has 16 heavy (non-hydrogen) atoms. The van der Waals surface area contributed by atoms with Crippen LogP contribution in [0.5, 0.6) is 0 Å².